The van der Waals surface area contributed by atoms with E-state index >= 15 is 0 Å². The maximum absolute atomic E-state index is 14.2. The van der Waals surface area contributed by atoms with Crippen LogP contribution in [0.4, 0.5) is 0 Å². The molecule has 0 aliphatic rings. The van der Waals surface area contributed by atoms with Crippen LogP contribution in [0.2, 0.25) is 18.1 Å². The molecule has 0 radical (unpaired) electrons. The van der Waals surface area contributed by atoms with Crippen molar-refractivity contribution < 1.29 is 14.0 Å². The zero-order chi connectivity index (χ0) is 56.9. The van der Waals surface area contributed by atoms with Crippen LogP contribution < -0.4 is 4.74 Å². The van der Waals surface area contributed by atoms with Crippen molar-refractivity contribution in [1.29, 1.82) is 0 Å². The number of carbonyl (C=O) groups excluding carboxylic acids is 1. The van der Waals surface area contributed by atoms with Gasteiger partial charge in [-0.2, -0.15) is 0 Å². The Morgan fingerprint density at radius 2 is 0.759 bits per heavy atom. The molecule has 3 nitrogen and oxygen atoms in total. The van der Waals surface area contributed by atoms with Crippen LogP contribution >= 0.6 is 0 Å². The van der Waals surface area contributed by atoms with Crippen molar-refractivity contribution in [3.63, 3.8) is 0 Å². The summed E-state index contributed by atoms with van der Waals surface area (Å²) in [6.45, 7) is 32.6. The van der Waals surface area contributed by atoms with Crippen molar-refractivity contribution in [2.45, 2.75) is 236 Å². The first-order valence-corrected chi connectivity index (χ1v) is 34.9. The van der Waals surface area contributed by atoms with Crippen molar-refractivity contribution in [3.8, 4) is 28.0 Å². The molecule has 4 unspecified atom stereocenters. The van der Waals surface area contributed by atoms with Crippen LogP contribution in [-0.2, 0) is 41.5 Å². The van der Waals surface area contributed by atoms with Crippen LogP contribution in [0, 0.1) is 23.7 Å². The molecule has 7 rings (SSSR count). The first-order chi connectivity index (χ1) is 38.0. The van der Waals surface area contributed by atoms with E-state index in [2.05, 4.69) is 186 Å². The molecule has 4 heteroatoms. The summed E-state index contributed by atoms with van der Waals surface area (Å²) in [6, 6.07) is 38.1. The minimum Gasteiger partial charge on any atom is -0.425 e. The minimum atomic E-state index is -2.23. The van der Waals surface area contributed by atoms with Gasteiger partial charge in [-0.05, 0) is 163 Å². The third-order valence-electron chi connectivity index (χ3n) is 19.0. The largest absolute Gasteiger partial charge is 0.425 e. The second kappa shape index (κ2) is 28.8. The summed E-state index contributed by atoms with van der Waals surface area (Å²) in [5.41, 5.74) is 11.0. The van der Waals surface area contributed by atoms with Gasteiger partial charge in [0.1, 0.15) is 5.75 Å². The molecule has 0 amide bonds. The van der Waals surface area contributed by atoms with Crippen molar-refractivity contribution in [3.05, 3.63) is 125 Å². The molecule has 4 atom stereocenters. The van der Waals surface area contributed by atoms with E-state index in [0.29, 0.717) is 36.0 Å². The second-order valence-corrected chi connectivity index (χ2v) is 30.5. The average molecular weight is 1080 g/mol. The highest BCUT2D eigenvalue weighted by molar-refractivity contribution is 6.74. The molecule has 0 saturated heterocycles. The molecule has 0 aliphatic carbocycles. The Hall–Kier alpha value is -4.77. The number of fused-ring (bicyclic) bond motifs is 4. The Bertz CT molecular complexity index is 2780. The van der Waals surface area contributed by atoms with Gasteiger partial charge in [0.05, 0.1) is 6.61 Å². The van der Waals surface area contributed by atoms with E-state index in [4.69, 9.17) is 9.16 Å². The van der Waals surface area contributed by atoms with Crippen LogP contribution in [0.3, 0.4) is 0 Å². The quantitative estimate of drug-likeness (QED) is 0.0195. The lowest BCUT2D eigenvalue weighted by Crippen LogP contribution is -2.40. The molecule has 0 aromatic heterocycles. The number of unbranched alkanes of at least 4 members (excludes halogenated alkanes) is 4. The zero-order valence-corrected chi connectivity index (χ0v) is 53.1. The fourth-order valence-electron chi connectivity index (χ4n) is 12.8. The number of ether oxygens (including phenoxy) is 1. The van der Waals surface area contributed by atoms with E-state index < -0.39 is 8.32 Å². The summed E-state index contributed by atoms with van der Waals surface area (Å²) in [5, 5.41) is 10.2. The van der Waals surface area contributed by atoms with Gasteiger partial charge in [0.15, 0.2) is 8.32 Å². The van der Waals surface area contributed by atoms with E-state index in [-0.39, 0.29) is 11.0 Å². The Morgan fingerprint density at radius 1 is 0.456 bits per heavy atom. The maximum atomic E-state index is 14.2. The fourth-order valence-corrected chi connectivity index (χ4v) is 13.7. The monoisotopic (exact) mass is 1080 g/mol. The molecule has 79 heavy (non-hydrogen) atoms. The predicted octanol–water partition coefficient (Wildman–Crippen LogP) is 23.1. The van der Waals surface area contributed by atoms with Crippen LogP contribution in [-0.4, -0.2) is 14.3 Å². The maximum Gasteiger partial charge on any atom is 0.308 e. The summed E-state index contributed by atoms with van der Waals surface area (Å²) in [5.74, 6) is 2.74. The number of carbonyl (C=O) groups is 1. The smallest absolute Gasteiger partial charge is 0.308 e. The van der Waals surface area contributed by atoms with E-state index in [0.717, 1.165) is 79.2 Å². The first kappa shape index (κ1) is 61.8. The highest BCUT2D eigenvalue weighted by atomic mass is 28.4. The molecular weight excluding hydrogens is 977 g/mol. The summed E-state index contributed by atoms with van der Waals surface area (Å²) < 4.78 is 14.3. The molecular formula is C75H104O3Si. The molecule has 7 aromatic rings. The van der Waals surface area contributed by atoms with E-state index in [1.54, 1.807) is 6.92 Å². The lowest BCUT2D eigenvalue weighted by molar-refractivity contribution is -0.131. The highest BCUT2D eigenvalue weighted by Gasteiger charge is 2.37. The number of esters is 1. The van der Waals surface area contributed by atoms with Gasteiger partial charge in [0, 0.05) is 29.2 Å². The van der Waals surface area contributed by atoms with Gasteiger partial charge in [0.2, 0.25) is 0 Å². The highest BCUT2D eigenvalue weighted by Crippen LogP contribution is 2.51. The van der Waals surface area contributed by atoms with Crippen LogP contribution in [0.25, 0.3) is 65.3 Å². The SMILES string of the molecule is CCCCC(CC)Cc1cccc2c(-c3cc(CO[Si](C)(C)C(C)(C)C)cc(-c4c5cccc(CC(CC)CCCC)c5cc5c(CC(CC)CCCC)cccc45)c3OC(C)=O)c3cccc(CC(CC)CCCC)c3cc12. The Labute approximate surface area is 481 Å². The predicted molar refractivity (Wildman–Crippen MR) is 349 cm³/mol. The molecule has 0 spiro atoms. The summed E-state index contributed by atoms with van der Waals surface area (Å²) >= 11 is 0. The standard InChI is InChI=1S/C75H104O3Si/c1-15-23-31-53(19-5)43-58-35-27-39-62-66(58)49-67-59(44-54(20-6)32-24-16-2)36-28-40-63(67)72(62)70-47-57(51-77-79(13,14)75(10,11)12)48-71(74(70)78-52(9)76)73-64-41-29-37-60(45-55(21-7)33-25-17-3)68(64)50-69-61(38-30-42-65(69)73)46-56(22-8)34-26-18-4/h27-30,35-42,47-50,53-56H,15-26,31-34,43-46,51H2,1-14H3. The van der Waals surface area contributed by atoms with Gasteiger partial charge < -0.3 is 9.16 Å². The van der Waals surface area contributed by atoms with Gasteiger partial charge in [-0.15, -0.1) is 0 Å². The summed E-state index contributed by atoms with van der Waals surface area (Å²) in [7, 11) is -2.23. The summed E-state index contributed by atoms with van der Waals surface area (Å²) in [6.07, 6.45) is 23.6. The Kier molecular flexibility index (Phi) is 22.5. The van der Waals surface area contributed by atoms with Crippen LogP contribution in [0.1, 0.15) is 214 Å². The van der Waals surface area contributed by atoms with Crippen LogP contribution in [0.15, 0.2) is 97.1 Å². The number of hydrogen-bond donors (Lipinski definition) is 0. The van der Waals surface area contributed by atoms with Crippen LogP contribution in [0.5, 0.6) is 5.75 Å². The van der Waals surface area contributed by atoms with Gasteiger partial charge >= 0.3 is 5.97 Å². The number of hydrogen-bond acceptors (Lipinski definition) is 3. The normalized spacial score (nSPS) is 13.9. The van der Waals surface area contributed by atoms with Gasteiger partial charge in [-0.25, -0.2) is 0 Å². The zero-order valence-electron chi connectivity index (χ0n) is 52.1. The molecule has 0 fully saturated rings. The molecule has 0 N–H and O–H groups in total. The second-order valence-electron chi connectivity index (χ2n) is 25.7. The van der Waals surface area contributed by atoms with Gasteiger partial charge in [-0.1, -0.05) is 252 Å². The molecule has 0 aliphatic heterocycles. The molecule has 426 valence electrons. The topological polar surface area (TPSA) is 35.5 Å². The van der Waals surface area contributed by atoms with E-state index in [1.165, 1.54) is 142 Å². The van der Waals surface area contributed by atoms with E-state index in [1.807, 2.05) is 0 Å². The van der Waals surface area contributed by atoms with Crippen molar-refractivity contribution in [2.24, 2.45) is 23.7 Å². The van der Waals surface area contributed by atoms with Crippen molar-refractivity contribution >= 4 is 57.4 Å². The first-order valence-electron chi connectivity index (χ1n) is 32.0. The molecule has 0 saturated carbocycles. The Morgan fingerprint density at radius 3 is 1.01 bits per heavy atom. The fraction of sp³-hybridized carbons (Fsp3) is 0.533. The lowest BCUT2D eigenvalue weighted by Gasteiger charge is -2.36. The van der Waals surface area contributed by atoms with Crippen molar-refractivity contribution in [2.75, 3.05) is 0 Å². The number of benzene rings is 7. The minimum absolute atomic E-state index is 0.0233. The number of rotatable bonds is 30. The average Bonchev–Trinajstić information content (AvgIpc) is 3.63. The molecule has 0 heterocycles. The molecule has 0 bridgehead atoms. The Balaban J connectivity index is 1.67. The van der Waals surface area contributed by atoms with Gasteiger partial charge in [-0.3, -0.25) is 4.79 Å². The van der Waals surface area contributed by atoms with Crippen molar-refractivity contribution in [1.82, 2.24) is 0 Å². The lowest BCUT2D eigenvalue weighted by atomic mass is 9.81. The summed E-state index contributed by atoms with van der Waals surface area (Å²) in [4.78, 5) is 14.2. The van der Waals surface area contributed by atoms with Gasteiger partial charge in [0.25, 0.3) is 0 Å². The third kappa shape index (κ3) is 14.8. The van der Waals surface area contributed by atoms with E-state index in [9.17, 15) is 4.79 Å². The third-order valence-corrected chi connectivity index (χ3v) is 23.5. The molecule has 7 aromatic carbocycles.